The summed E-state index contributed by atoms with van der Waals surface area (Å²) in [5.41, 5.74) is 2.37. The van der Waals surface area contributed by atoms with Crippen molar-refractivity contribution < 1.29 is 4.79 Å². The fraction of sp³-hybridized carbons (Fsp3) is 0.333. The number of carbonyl (C=O) groups is 1. The van der Waals surface area contributed by atoms with Gasteiger partial charge in [0.1, 0.15) is 0 Å². The molecule has 1 aromatic heterocycles. The summed E-state index contributed by atoms with van der Waals surface area (Å²) >= 11 is 3.44. The molecule has 2 N–H and O–H groups in total. The van der Waals surface area contributed by atoms with Crippen LogP contribution in [0, 0.1) is 6.92 Å². The summed E-state index contributed by atoms with van der Waals surface area (Å²) in [5, 5.41) is 10.3. The van der Waals surface area contributed by atoms with Crippen LogP contribution in [-0.4, -0.2) is 35.8 Å². The van der Waals surface area contributed by atoms with Gasteiger partial charge < -0.3 is 10.6 Å². The van der Waals surface area contributed by atoms with E-state index in [0.717, 1.165) is 28.8 Å². The monoisotopic (exact) mass is 386 g/mol. The lowest BCUT2D eigenvalue weighted by molar-refractivity contribution is 0.0952. The lowest BCUT2D eigenvalue weighted by atomic mass is 10.2. The molecule has 1 aromatic carbocycles. The van der Waals surface area contributed by atoms with Gasteiger partial charge in [0.05, 0.1) is 23.1 Å². The van der Waals surface area contributed by atoms with Crippen LogP contribution in [0.1, 0.15) is 22.5 Å². The normalized spacial score (nSPS) is 10.1. The molecule has 0 atom stereocenters. The van der Waals surface area contributed by atoms with E-state index in [4.69, 9.17) is 0 Å². The number of amides is 1. The fourth-order valence-electron chi connectivity index (χ4n) is 2.06. The van der Waals surface area contributed by atoms with Crippen molar-refractivity contribution in [3.8, 4) is 5.69 Å². The van der Waals surface area contributed by atoms with Gasteiger partial charge in [-0.3, -0.25) is 4.79 Å². The minimum absolute atomic E-state index is 0. The molecule has 1 heterocycles. The van der Waals surface area contributed by atoms with Crippen LogP contribution in [-0.2, 0) is 0 Å². The molecular formula is C15H20BrClN4O. The zero-order valence-corrected chi connectivity index (χ0v) is 15.0. The second-order valence-electron chi connectivity index (χ2n) is 4.75. The van der Waals surface area contributed by atoms with Crippen LogP contribution in [0.2, 0.25) is 0 Å². The fourth-order valence-corrected chi connectivity index (χ4v) is 2.45. The number of aromatic nitrogens is 2. The minimum Gasteiger partial charge on any atom is -0.352 e. The zero-order chi connectivity index (χ0) is 15.2. The van der Waals surface area contributed by atoms with Crippen molar-refractivity contribution in [2.45, 2.75) is 13.3 Å². The van der Waals surface area contributed by atoms with Crippen LogP contribution in [0.3, 0.4) is 0 Å². The van der Waals surface area contributed by atoms with Crippen molar-refractivity contribution in [3.05, 3.63) is 46.2 Å². The molecule has 2 aromatic rings. The number of nitrogens with zero attached hydrogens (tertiary/aromatic N) is 2. The average molecular weight is 388 g/mol. The van der Waals surface area contributed by atoms with E-state index in [1.54, 1.807) is 10.9 Å². The van der Waals surface area contributed by atoms with Crippen LogP contribution in [0.4, 0.5) is 0 Å². The number of nitrogens with one attached hydrogen (secondary N) is 2. The summed E-state index contributed by atoms with van der Waals surface area (Å²) in [6.07, 6.45) is 2.52. The molecule has 0 spiro atoms. The van der Waals surface area contributed by atoms with Crippen LogP contribution < -0.4 is 10.6 Å². The maximum Gasteiger partial charge on any atom is 0.254 e. The lowest BCUT2D eigenvalue weighted by Gasteiger charge is -2.07. The van der Waals surface area contributed by atoms with Crippen LogP contribution >= 0.6 is 28.3 Å². The van der Waals surface area contributed by atoms with Crippen LogP contribution in [0.5, 0.6) is 0 Å². The van der Waals surface area contributed by atoms with Crippen LogP contribution in [0.15, 0.2) is 34.9 Å². The molecule has 0 saturated heterocycles. The minimum atomic E-state index is -0.0788. The summed E-state index contributed by atoms with van der Waals surface area (Å²) in [4.78, 5) is 12.1. The number of hydrogen-bond acceptors (Lipinski definition) is 3. The molecule has 2 rings (SSSR count). The van der Waals surface area contributed by atoms with Gasteiger partial charge >= 0.3 is 0 Å². The van der Waals surface area contributed by atoms with E-state index in [2.05, 4.69) is 31.7 Å². The molecule has 7 heteroatoms. The molecule has 5 nitrogen and oxygen atoms in total. The summed E-state index contributed by atoms with van der Waals surface area (Å²) in [6.45, 7) is 3.44. The maximum absolute atomic E-state index is 12.1. The van der Waals surface area contributed by atoms with E-state index in [9.17, 15) is 4.79 Å². The number of rotatable bonds is 6. The highest BCUT2D eigenvalue weighted by Crippen LogP contribution is 2.18. The third kappa shape index (κ3) is 4.56. The molecule has 1 amide bonds. The summed E-state index contributed by atoms with van der Waals surface area (Å²) < 4.78 is 2.75. The van der Waals surface area contributed by atoms with Crippen molar-refractivity contribution in [3.63, 3.8) is 0 Å². The van der Waals surface area contributed by atoms with E-state index in [1.807, 2.05) is 38.2 Å². The summed E-state index contributed by atoms with van der Waals surface area (Å²) in [5.74, 6) is -0.0788. The second kappa shape index (κ2) is 8.92. The molecule has 0 aliphatic heterocycles. The van der Waals surface area contributed by atoms with Gasteiger partial charge in [-0.05, 0) is 45.1 Å². The van der Waals surface area contributed by atoms with Crippen molar-refractivity contribution >= 4 is 34.2 Å². The first-order chi connectivity index (χ1) is 10.1. The first-order valence-electron chi connectivity index (χ1n) is 6.87. The smallest absolute Gasteiger partial charge is 0.254 e. The van der Waals surface area contributed by atoms with Crippen molar-refractivity contribution in [1.29, 1.82) is 0 Å². The van der Waals surface area contributed by atoms with Gasteiger partial charge in [0.25, 0.3) is 5.91 Å². The predicted octanol–water partition coefficient (Wildman–Crippen LogP) is 2.70. The van der Waals surface area contributed by atoms with Crippen molar-refractivity contribution in [2.24, 2.45) is 0 Å². The molecule has 0 aliphatic rings. The number of benzene rings is 1. The Bertz CT molecular complexity index is 630. The van der Waals surface area contributed by atoms with E-state index >= 15 is 0 Å². The van der Waals surface area contributed by atoms with Crippen LogP contribution in [0.25, 0.3) is 5.69 Å². The molecule has 0 saturated carbocycles. The first-order valence-corrected chi connectivity index (χ1v) is 7.66. The van der Waals surface area contributed by atoms with Crippen molar-refractivity contribution in [1.82, 2.24) is 20.4 Å². The summed E-state index contributed by atoms with van der Waals surface area (Å²) in [7, 11) is 1.90. The summed E-state index contributed by atoms with van der Waals surface area (Å²) in [6, 6.07) is 7.82. The zero-order valence-electron chi connectivity index (χ0n) is 12.6. The van der Waals surface area contributed by atoms with Gasteiger partial charge in [-0.25, -0.2) is 4.68 Å². The van der Waals surface area contributed by atoms with Gasteiger partial charge in [0.15, 0.2) is 0 Å². The van der Waals surface area contributed by atoms with E-state index < -0.39 is 0 Å². The lowest BCUT2D eigenvalue weighted by Crippen LogP contribution is -2.26. The standard InChI is InChI=1S/C15H19BrN4O.ClH/c1-11-14(15(21)18-8-4-7-17-2)10-19-20(11)13-6-3-5-12(16)9-13;/h3,5-6,9-10,17H,4,7-8H2,1-2H3,(H,18,21);1H. The Morgan fingerprint density at radius 1 is 1.36 bits per heavy atom. The van der Waals surface area contributed by atoms with Gasteiger partial charge in [-0.15, -0.1) is 12.4 Å². The molecule has 0 unspecified atom stereocenters. The van der Waals surface area contributed by atoms with E-state index in [1.165, 1.54) is 0 Å². The highest BCUT2D eigenvalue weighted by molar-refractivity contribution is 9.10. The SMILES string of the molecule is CNCCCNC(=O)c1cnn(-c2cccc(Br)c2)c1C.Cl. The van der Waals surface area contributed by atoms with E-state index in [-0.39, 0.29) is 18.3 Å². The maximum atomic E-state index is 12.1. The number of hydrogen-bond donors (Lipinski definition) is 2. The molecule has 0 bridgehead atoms. The Hall–Kier alpha value is -1.37. The highest BCUT2D eigenvalue weighted by Gasteiger charge is 2.14. The Morgan fingerprint density at radius 2 is 2.14 bits per heavy atom. The molecule has 0 radical (unpaired) electrons. The molecular weight excluding hydrogens is 368 g/mol. The Kier molecular flexibility index (Phi) is 7.58. The quantitative estimate of drug-likeness (QED) is 0.749. The van der Waals surface area contributed by atoms with Gasteiger partial charge in [-0.1, -0.05) is 22.0 Å². The van der Waals surface area contributed by atoms with Gasteiger partial charge in [-0.2, -0.15) is 5.10 Å². The molecule has 22 heavy (non-hydrogen) atoms. The van der Waals surface area contributed by atoms with Crippen molar-refractivity contribution in [2.75, 3.05) is 20.1 Å². The Balaban J connectivity index is 0.00000242. The number of halogens is 2. The largest absolute Gasteiger partial charge is 0.352 e. The first kappa shape index (κ1) is 18.7. The third-order valence-corrected chi connectivity index (χ3v) is 3.69. The molecule has 120 valence electrons. The van der Waals surface area contributed by atoms with E-state index in [0.29, 0.717) is 12.1 Å². The Morgan fingerprint density at radius 3 is 2.82 bits per heavy atom. The molecule has 0 fully saturated rings. The van der Waals surface area contributed by atoms with Gasteiger partial charge in [0, 0.05) is 11.0 Å². The number of carbonyl (C=O) groups excluding carboxylic acids is 1. The average Bonchev–Trinajstić information content (AvgIpc) is 2.85. The third-order valence-electron chi connectivity index (χ3n) is 3.20. The highest BCUT2D eigenvalue weighted by atomic mass is 79.9. The molecule has 0 aliphatic carbocycles. The predicted molar refractivity (Wildman–Crippen MR) is 94.1 cm³/mol. The van der Waals surface area contributed by atoms with Gasteiger partial charge in [0.2, 0.25) is 0 Å². The second-order valence-corrected chi connectivity index (χ2v) is 5.66. The topological polar surface area (TPSA) is 58.9 Å². The Labute approximate surface area is 145 Å².